The minimum absolute atomic E-state index is 0.0479. The molecule has 0 aliphatic heterocycles. The normalized spacial score (nSPS) is 12.3. The number of rotatable bonds is 9. The van der Waals surface area contributed by atoms with Gasteiger partial charge in [0.1, 0.15) is 0 Å². The fourth-order valence-electron chi connectivity index (χ4n) is 1.96. The van der Waals surface area contributed by atoms with E-state index < -0.39 is 5.97 Å². The highest BCUT2D eigenvalue weighted by atomic mass is 16.4. The average Bonchev–Trinajstić information content (AvgIpc) is 2.37. The quantitative estimate of drug-likeness (QED) is 0.677. The van der Waals surface area contributed by atoms with E-state index in [2.05, 4.69) is 19.2 Å². The van der Waals surface area contributed by atoms with E-state index in [1.165, 1.54) is 0 Å². The Labute approximate surface area is 116 Å². The topological polar surface area (TPSA) is 69.6 Å². The maximum absolute atomic E-state index is 12.0. The van der Waals surface area contributed by atoms with Gasteiger partial charge in [0, 0.05) is 26.1 Å². The van der Waals surface area contributed by atoms with E-state index in [0.29, 0.717) is 19.0 Å². The van der Waals surface area contributed by atoms with Gasteiger partial charge in [-0.1, -0.05) is 33.6 Å². The van der Waals surface area contributed by atoms with Crippen LogP contribution in [0, 0.1) is 11.8 Å². The van der Waals surface area contributed by atoms with E-state index in [1.54, 1.807) is 4.90 Å². The SMILES string of the molecule is CCC(CC)CN(CC)C(=O)NCC(C)CC(=O)O. The van der Waals surface area contributed by atoms with Gasteiger partial charge in [-0.2, -0.15) is 0 Å². The molecule has 0 aliphatic carbocycles. The molecule has 0 aliphatic rings. The summed E-state index contributed by atoms with van der Waals surface area (Å²) in [5.41, 5.74) is 0. The van der Waals surface area contributed by atoms with E-state index in [0.717, 1.165) is 19.4 Å². The van der Waals surface area contributed by atoms with E-state index in [-0.39, 0.29) is 18.4 Å². The number of amides is 2. The fourth-order valence-corrected chi connectivity index (χ4v) is 1.96. The number of carbonyl (C=O) groups is 2. The summed E-state index contributed by atoms with van der Waals surface area (Å²) in [4.78, 5) is 24.3. The molecule has 0 spiro atoms. The molecule has 5 nitrogen and oxygen atoms in total. The summed E-state index contributed by atoms with van der Waals surface area (Å²) in [6.07, 6.45) is 2.21. The van der Waals surface area contributed by atoms with Gasteiger partial charge in [-0.3, -0.25) is 4.79 Å². The predicted molar refractivity (Wildman–Crippen MR) is 76.1 cm³/mol. The van der Waals surface area contributed by atoms with Gasteiger partial charge >= 0.3 is 12.0 Å². The Morgan fingerprint density at radius 1 is 1.21 bits per heavy atom. The molecule has 0 fully saturated rings. The first kappa shape index (κ1) is 17.7. The minimum Gasteiger partial charge on any atom is -0.481 e. The number of hydrogen-bond acceptors (Lipinski definition) is 2. The number of carboxylic acid groups (broad SMARTS) is 1. The Hall–Kier alpha value is -1.26. The van der Waals surface area contributed by atoms with Crippen LogP contribution in [-0.2, 0) is 4.79 Å². The fraction of sp³-hybridized carbons (Fsp3) is 0.857. The first-order valence-corrected chi connectivity index (χ1v) is 7.18. The molecule has 0 saturated carbocycles. The van der Waals surface area contributed by atoms with Crippen molar-refractivity contribution in [3.63, 3.8) is 0 Å². The Bertz CT molecular complexity index is 278. The molecule has 112 valence electrons. The molecule has 0 saturated heterocycles. The van der Waals surface area contributed by atoms with E-state index in [4.69, 9.17) is 5.11 Å². The lowest BCUT2D eigenvalue weighted by Crippen LogP contribution is -2.43. The zero-order valence-corrected chi connectivity index (χ0v) is 12.6. The summed E-state index contributed by atoms with van der Waals surface area (Å²) in [5.74, 6) is -0.346. The van der Waals surface area contributed by atoms with Crippen LogP contribution in [0.2, 0.25) is 0 Å². The molecule has 1 atom stereocenters. The predicted octanol–water partition coefficient (Wildman–Crippen LogP) is 2.56. The highest BCUT2D eigenvalue weighted by Crippen LogP contribution is 2.10. The summed E-state index contributed by atoms with van der Waals surface area (Å²) in [7, 11) is 0. The molecule has 5 heteroatoms. The zero-order valence-electron chi connectivity index (χ0n) is 12.6. The van der Waals surface area contributed by atoms with Crippen molar-refractivity contribution in [2.24, 2.45) is 11.8 Å². The Kier molecular flexibility index (Phi) is 9.00. The van der Waals surface area contributed by atoms with Gasteiger partial charge in [-0.15, -0.1) is 0 Å². The van der Waals surface area contributed by atoms with Crippen molar-refractivity contribution >= 4 is 12.0 Å². The third-order valence-electron chi connectivity index (χ3n) is 3.43. The van der Waals surface area contributed by atoms with Gasteiger partial charge in [-0.25, -0.2) is 4.79 Å². The number of carbonyl (C=O) groups excluding carboxylic acids is 1. The molecular formula is C14H28N2O3. The number of nitrogens with zero attached hydrogens (tertiary/aromatic N) is 1. The third kappa shape index (κ3) is 7.70. The van der Waals surface area contributed by atoms with Gasteiger partial charge < -0.3 is 15.3 Å². The molecule has 1 unspecified atom stereocenters. The van der Waals surface area contributed by atoms with Crippen molar-refractivity contribution in [3.05, 3.63) is 0 Å². The van der Waals surface area contributed by atoms with Crippen LogP contribution in [0.5, 0.6) is 0 Å². The first-order valence-electron chi connectivity index (χ1n) is 7.18. The summed E-state index contributed by atoms with van der Waals surface area (Å²) in [5, 5.41) is 11.5. The number of nitrogens with one attached hydrogen (secondary N) is 1. The maximum atomic E-state index is 12.0. The van der Waals surface area contributed by atoms with Crippen LogP contribution in [0.4, 0.5) is 4.79 Å². The molecule has 19 heavy (non-hydrogen) atoms. The van der Waals surface area contributed by atoms with E-state index >= 15 is 0 Å². The average molecular weight is 272 g/mol. The van der Waals surface area contributed by atoms with Crippen molar-refractivity contribution in [2.45, 2.75) is 47.0 Å². The number of carboxylic acids is 1. The van der Waals surface area contributed by atoms with Gasteiger partial charge in [0.25, 0.3) is 0 Å². The molecular weight excluding hydrogens is 244 g/mol. The van der Waals surface area contributed by atoms with Crippen molar-refractivity contribution < 1.29 is 14.7 Å². The van der Waals surface area contributed by atoms with Crippen molar-refractivity contribution in [1.82, 2.24) is 10.2 Å². The maximum Gasteiger partial charge on any atom is 0.317 e. The lowest BCUT2D eigenvalue weighted by molar-refractivity contribution is -0.137. The summed E-state index contributed by atoms with van der Waals surface area (Å²) in [6, 6.07) is -0.0911. The zero-order chi connectivity index (χ0) is 14.8. The molecule has 0 radical (unpaired) electrons. The molecule has 0 heterocycles. The Balaban J connectivity index is 4.17. The molecule has 0 bridgehead atoms. The minimum atomic E-state index is -0.828. The van der Waals surface area contributed by atoms with Crippen LogP contribution in [-0.4, -0.2) is 41.6 Å². The van der Waals surface area contributed by atoms with Crippen molar-refractivity contribution in [1.29, 1.82) is 0 Å². The van der Waals surface area contributed by atoms with Gasteiger partial charge in [0.05, 0.1) is 0 Å². The Morgan fingerprint density at radius 2 is 1.79 bits per heavy atom. The second kappa shape index (κ2) is 9.64. The van der Waals surface area contributed by atoms with Crippen LogP contribution < -0.4 is 5.32 Å². The summed E-state index contributed by atoms with van der Waals surface area (Å²) >= 11 is 0. The number of hydrogen-bond donors (Lipinski definition) is 2. The molecule has 0 aromatic rings. The standard InChI is InChI=1S/C14H28N2O3/c1-5-12(6-2)10-16(7-3)14(19)15-9-11(4)8-13(17)18/h11-12H,5-10H2,1-4H3,(H,15,19)(H,17,18). The third-order valence-corrected chi connectivity index (χ3v) is 3.43. The molecule has 0 rings (SSSR count). The Morgan fingerprint density at radius 3 is 2.21 bits per heavy atom. The van der Waals surface area contributed by atoms with Crippen LogP contribution in [0.3, 0.4) is 0 Å². The van der Waals surface area contributed by atoms with E-state index in [9.17, 15) is 9.59 Å². The van der Waals surface area contributed by atoms with E-state index in [1.807, 2.05) is 13.8 Å². The largest absolute Gasteiger partial charge is 0.481 e. The summed E-state index contributed by atoms with van der Waals surface area (Å²) in [6.45, 7) is 9.90. The molecule has 0 aromatic carbocycles. The van der Waals surface area contributed by atoms with Crippen molar-refractivity contribution in [3.8, 4) is 0 Å². The van der Waals surface area contributed by atoms with Crippen LogP contribution in [0.15, 0.2) is 0 Å². The van der Waals surface area contributed by atoms with Crippen LogP contribution in [0.25, 0.3) is 0 Å². The van der Waals surface area contributed by atoms with Crippen molar-refractivity contribution in [2.75, 3.05) is 19.6 Å². The molecule has 2 N–H and O–H groups in total. The smallest absolute Gasteiger partial charge is 0.317 e. The molecule has 0 aromatic heterocycles. The lowest BCUT2D eigenvalue weighted by Gasteiger charge is -2.26. The summed E-state index contributed by atoms with van der Waals surface area (Å²) < 4.78 is 0. The van der Waals surface area contributed by atoms with Gasteiger partial charge in [0.15, 0.2) is 0 Å². The second-order valence-electron chi connectivity index (χ2n) is 5.11. The lowest BCUT2D eigenvalue weighted by atomic mass is 10.0. The van der Waals surface area contributed by atoms with Crippen LogP contribution in [0.1, 0.15) is 47.0 Å². The first-order chi connectivity index (χ1) is 8.94. The van der Waals surface area contributed by atoms with Gasteiger partial charge in [0.2, 0.25) is 0 Å². The molecule has 2 amide bonds. The monoisotopic (exact) mass is 272 g/mol. The van der Waals surface area contributed by atoms with Crippen LogP contribution >= 0.6 is 0 Å². The van der Waals surface area contributed by atoms with Gasteiger partial charge in [-0.05, 0) is 18.8 Å². The number of urea groups is 1. The second-order valence-corrected chi connectivity index (χ2v) is 5.11. The number of aliphatic carboxylic acids is 1. The highest BCUT2D eigenvalue weighted by Gasteiger charge is 2.16. The highest BCUT2D eigenvalue weighted by molar-refractivity contribution is 5.74.